The van der Waals surface area contributed by atoms with E-state index in [9.17, 15) is 0 Å². The second kappa shape index (κ2) is 5.67. The van der Waals surface area contributed by atoms with Crippen LogP contribution in [-0.4, -0.2) is 0 Å². The number of aryl methyl sites for hydroxylation is 2. The van der Waals surface area contributed by atoms with Crippen LogP contribution in [0.2, 0.25) is 0 Å². The molecule has 0 saturated heterocycles. The predicted octanol–water partition coefficient (Wildman–Crippen LogP) is 4.73. The van der Waals surface area contributed by atoms with Crippen LogP contribution >= 0.6 is 0 Å². The lowest BCUT2D eigenvalue weighted by Gasteiger charge is -2.01. The van der Waals surface area contributed by atoms with E-state index in [1.807, 2.05) is 18.2 Å². The molecular formula is C17H20. The maximum absolute atomic E-state index is 2.31. The van der Waals surface area contributed by atoms with Crippen molar-refractivity contribution in [3.8, 4) is 0 Å². The van der Waals surface area contributed by atoms with E-state index in [4.69, 9.17) is 0 Å². The van der Waals surface area contributed by atoms with Crippen molar-refractivity contribution in [2.45, 2.75) is 32.6 Å². The van der Waals surface area contributed by atoms with Crippen LogP contribution in [0.5, 0.6) is 0 Å². The Kier molecular flexibility index (Phi) is 3.98. The summed E-state index contributed by atoms with van der Waals surface area (Å²) in [7, 11) is 0. The van der Waals surface area contributed by atoms with E-state index in [0.717, 1.165) is 5.92 Å². The van der Waals surface area contributed by atoms with Gasteiger partial charge in [0.1, 0.15) is 0 Å². The van der Waals surface area contributed by atoms with Gasteiger partial charge >= 0.3 is 0 Å². The molecule has 0 nitrogen and oxygen atoms in total. The van der Waals surface area contributed by atoms with Crippen LogP contribution in [0.3, 0.4) is 0 Å². The maximum Gasteiger partial charge on any atom is -0.0184 e. The summed E-state index contributed by atoms with van der Waals surface area (Å²) in [4.78, 5) is 0. The van der Waals surface area contributed by atoms with Crippen molar-refractivity contribution in [2.75, 3.05) is 0 Å². The third kappa shape index (κ3) is 3.20. The highest BCUT2D eigenvalue weighted by Crippen LogP contribution is 2.31. The van der Waals surface area contributed by atoms with Gasteiger partial charge in [0.05, 0.1) is 0 Å². The first-order valence-corrected chi connectivity index (χ1v) is 6.37. The van der Waals surface area contributed by atoms with Crippen LogP contribution in [0, 0.1) is 6.92 Å². The Bertz CT molecular complexity index is 456. The van der Waals surface area contributed by atoms with E-state index in [1.165, 1.54) is 18.4 Å². The number of rotatable bonds is 0. The Hall–Kier alpha value is -1.56. The summed E-state index contributed by atoms with van der Waals surface area (Å²) in [6, 6.07) is 19.0. The quantitative estimate of drug-likeness (QED) is 0.607. The highest BCUT2D eigenvalue weighted by atomic mass is 14.2. The molecule has 1 aliphatic rings. The highest BCUT2D eigenvalue weighted by Gasteiger charge is 2.16. The topological polar surface area (TPSA) is 0 Å². The van der Waals surface area contributed by atoms with Gasteiger partial charge in [0, 0.05) is 0 Å². The molecule has 2 aromatic carbocycles. The van der Waals surface area contributed by atoms with Crippen LogP contribution in [-0.2, 0) is 6.42 Å². The Morgan fingerprint density at radius 1 is 0.882 bits per heavy atom. The minimum atomic E-state index is 0.802. The van der Waals surface area contributed by atoms with E-state index in [-0.39, 0.29) is 0 Å². The van der Waals surface area contributed by atoms with Gasteiger partial charge in [-0.3, -0.25) is 0 Å². The third-order valence-electron chi connectivity index (χ3n) is 3.37. The molecule has 0 N–H and O–H groups in total. The molecule has 0 aliphatic heterocycles. The molecule has 0 radical (unpaired) electrons. The minimum Gasteiger partial charge on any atom is -0.0622 e. The molecule has 88 valence electrons. The predicted molar refractivity (Wildman–Crippen MR) is 74.4 cm³/mol. The summed E-state index contributed by atoms with van der Waals surface area (Å²) < 4.78 is 0. The van der Waals surface area contributed by atoms with E-state index in [2.05, 4.69) is 50.2 Å². The SMILES string of the molecule is CC1CCc2ccccc21.Cc1ccccc1. The van der Waals surface area contributed by atoms with Crippen molar-refractivity contribution in [1.82, 2.24) is 0 Å². The third-order valence-corrected chi connectivity index (χ3v) is 3.37. The van der Waals surface area contributed by atoms with E-state index in [0.29, 0.717) is 0 Å². The number of benzene rings is 2. The van der Waals surface area contributed by atoms with Crippen molar-refractivity contribution in [2.24, 2.45) is 0 Å². The zero-order valence-electron chi connectivity index (χ0n) is 10.7. The Balaban J connectivity index is 0.000000136. The monoisotopic (exact) mass is 224 g/mol. The lowest BCUT2D eigenvalue weighted by Crippen LogP contribution is -1.83. The number of hydrogen-bond acceptors (Lipinski definition) is 0. The van der Waals surface area contributed by atoms with Gasteiger partial charge in [-0.2, -0.15) is 0 Å². The molecule has 2 aromatic rings. The van der Waals surface area contributed by atoms with Gasteiger partial charge in [0.2, 0.25) is 0 Å². The molecule has 1 unspecified atom stereocenters. The first-order valence-electron chi connectivity index (χ1n) is 6.37. The van der Waals surface area contributed by atoms with Crippen LogP contribution < -0.4 is 0 Å². The molecule has 0 saturated carbocycles. The highest BCUT2D eigenvalue weighted by molar-refractivity contribution is 5.33. The lowest BCUT2D eigenvalue weighted by atomic mass is 10.0. The molecule has 0 heterocycles. The Morgan fingerprint density at radius 2 is 1.53 bits per heavy atom. The molecular weight excluding hydrogens is 204 g/mol. The van der Waals surface area contributed by atoms with Crippen molar-refractivity contribution in [3.05, 3.63) is 71.3 Å². The van der Waals surface area contributed by atoms with E-state index in [1.54, 1.807) is 11.1 Å². The van der Waals surface area contributed by atoms with Crippen LogP contribution in [0.1, 0.15) is 36.0 Å². The molecule has 17 heavy (non-hydrogen) atoms. The maximum atomic E-state index is 2.31. The summed E-state index contributed by atoms with van der Waals surface area (Å²) in [5, 5.41) is 0. The molecule has 0 bridgehead atoms. The largest absolute Gasteiger partial charge is 0.0622 e. The zero-order valence-corrected chi connectivity index (χ0v) is 10.7. The van der Waals surface area contributed by atoms with Crippen molar-refractivity contribution >= 4 is 0 Å². The summed E-state index contributed by atoms with van der Waals surface area (Å²) in [5.41, 5.74) is 4.46. The van der Waals surface area contributed by atoms with Gasteiger partial charge in [0.15, 0.2) is 0 Å². The van der Waals surface area contributed by atoms with Gasteiger partial charge in [-0.25, -0.2) is 0 Å². The number of hydrogen-bond donors (Lipinski definition) is 0. The molecule has 1 aliphatic carbocycles. The first kappa shape index (κ1) is 11.9. The van der Waals surface area contributed by atoms with Crippen molar-refractivity contribution in [3.63, 3.8) is 0 Å². The summed E-state index contributed by atoms with van der Waals surface area (Å²) in [6.45, 7) is 4.39. The fourth-order valence-corrected chi connectivity index (χ4v) is 2.30. The normalized spacial score (nSPS) is 16.9. The van der Waals surface area contributed by atoms with E-state index < -0.39 is 0 Å². The van der Waals surface area contributed by atoms with Crippen molar-refractivity contribution < 1.29 is 0 Å². The summed E-state index contributed by atoms with van der Waals surface area (Å²) in [5.74, 6) is 0.802. The first-order chi connectivity index (χ1) is 8.27. The zero-order chi connectivity index (χ0) is 12.1. The molecule has 0 heteroatoms. The van der Waals surface area contributed by atoms with Gasteiger partial charge in [-0.15, -0.1) is 0 Å². The van der Waals surface area contributed by atoms with E-state index >= 15 is 0 Å². The Morgan fingerprint density at radius 3 is 2.12 bits per heavy atom. The lowest BCUT2D eigenvalue weighted by molar-refractivity contribution is 0.747. The molecule has 0 aromatic heterocycles. The summed E-state index contributed by atoms with van der Waals surface area (Å²) in [6.07, 6.45) is 2.64. The minimum absolute atomic E-state index is 0.802. The van der Waals surface area contributed by atoms with Gasteiger partial charge in [-0.05, 0) is 36.8 Å². The molecule has 0 spiro atoms. The molecule has 3 rings (SSSR count). The average Bonchev–Trinajstić information content (AvgIpc) is 2.74. The van der Waals surface area contributed by atoms with Gasteiger partial charge < -0.3 is 0 Å². The number of fused-ring (bicyclic) bond motifs is 1. The molecule has 0 fully saturated rings. The fraction of sp³-hybridized carbons (Fsp3) is 0.294. The van der Waals surface area contributed by atoms with Gasteiger partial charge in [-0.1, -0.05) is 67.1 Å². The van der Waals surface area contributed by atoms with Crippen LogP contribution in [0.15, 0.2) is 54.6 Å². The second-order valence-electron chi connectivity index (χ2n) is 4.79. The summed E-state index contributed by atoms with van der Waals surface area (Å²) >= 11 is 0. The van der Waals surface area contributed by atoms with Gasteiger partial charge in [0.25, 0.3) is 0 Å². The Labute approximate surface area is 104 Å². The second-order valence-corrected chi connectivity index (χ2v) is 4.79. The van der Waals surface area contributed by atoms with Crippen LogP contribution in [0.25, 0.3) is 0 Å². The average molecular weight is 224 g/mol. The van der Waals surface area contributed by atoms with Crippen LogP contribution in [0.4, 0.5) is 0 Å². The fourth-order valence-electron chi connectivity index (χ4n) is 2.30. The molecule has 0 amide bonds. The smallest absolute Gasteiger partial charge is 0.0184 e. The molecule has 1 atom stereocenters. The van der Waals surface area contributed by atoms with Crippen molar-refractivity contribution in [1.29, 1.82) is 0 Å². The standard InChI is InChI=1S/C10H12.C7H8/c1-8-6-7-9-4-2-3-5-10(8)9;1-7-5-3-2-4-6-7/h2-5,8H,6-7H2,1H3;2-6H,1H3.